The first-order chi connectivity index (χ1) is 18.4. The van der Waals surface area contributed by atoms with Crippen LogP contribution in [0, 0.1) is 12.8 Å². The number of carbonyl (C=O) groups is 1. The molecule has 3 aromatic rings. The van der Waals surface area contributed by atoms with E-state index >= 15 is 0 Å². The van der Waals surface area contributed by atoms with Crippen molar-refractivity contribution in [1.82, 2.24) is 9.27 Å². The van der Waals surface area contributed by atoms with Crippen molar-refractivity contribution >= 4 is 39.0 Å². The van der Waals surface area contributed by atoms with Gasteiger partial charge in [0, 0.05) is 56.5 Å². The highest BCUT2D eigenvalue weighted by atomic mass is 32.1. The van der Waals surface area contributed by atoms with Crippen LogP contribution in [0.3, 0.4) is 0 Å². The maximum atomic E-state index is 13.3. The zero-order valence-corrected chi connectivity index (χ0v) is 24.2. The first-order valence-corrected chi connectivity index (χ1v) is 15.4. The van der Waals surface area contributed by atoms with Gasteiger partial charge in [-0.15, -0.1) is 0 Å². The molecule has 6 heteroatoms. The Morgan fingerprint density at radius 2 is 1.79 bits per heavy atom. The Hall–Kier alpha value is -2.44. The fourth-order valence-corrected chi connectivity index (χ4v) is 7.75. The van der Waals surface area contributed by atoms with E-state index in [1.54, 1.807) is 11.5 Å². The van der Waals surface area contributed by atoms with Gasteiger partial charge in [-0.2, -0.15) is 4.37 Å². The van der Waals surface area contributed by atoms with Gasteiger partial charge < -0.3 is 9.80 Å². The number of hydrogen-bond acceptors (Lipinski definition) is 5. The third kappa shape index (κ3) is 5.10. The molecule has 1 saturated carbocycles. The third-order valence-corrected chi connectivity index (χ3v) is 9.98. The molecule has 0 spiro atoms. The van der Waals surface area contributed by atoms with Crippen molar-refractivity contribution in [2.24, 2.45) is 5.92 Å². The zero-order chi connectivity index (χ0) is 26.3. The Morgan fingerprint density at radius 3 is 2.58 bits per heavy atom. The SMILES string of the molecule is Cc1cc(CCN2CCN(c3nsc4ccccc34)CC2)cc2c1N(CC1CCCCC1)C(=O)CC2(C)C. The van der Waals surface area contributed by atoms with Crippen molar-refractivity contribution in [2.75, 3.05) is 49.1 Å². The summed E-state index contributed by atoms with van der Waals surface area (Å²) in [7, 11) is 0. The monoisotopic (exact) mass is 530 g/mol. The summed E-state index contributed by atoms with van der Waals surface area (Å²) in [6, 6.07) is 13.4. The molecule has 0 N–H and O–H groups in total. The second-order valence-corrected chi connectivity index (χ2v) is 13.3. The summed E-state index contributed by atoms with van der Waals surface area (Å²) in [6.07, 6.45) is 8.20. The molecule has 3 heterocycles. The van der Waals surface area contributed by atoms with Crippen molar-refractivity contribution in [2.45, 2.75) is 71.1 Å². The summed E-state index contributed by atoms with van der Waals surface area (Å²) in [4.78, 5) is 20.5. The minimum Gasteiger partial charge on any atom is -0.353 e. The van der Waals surface area contributed by atoms with Gasteiger partial charge in [0.1, 0.15) is 5.82 Å². The molecule has 38 heavy (non-hydrogen) atoms. The van der Waals surface area contributed by atoms with Gasteiger partial charge >= 0.3 is 0 Å². The van der Waals surface area contributed by atoms with E-state index in [0.717, 1.165) is 51.5 Å². The second kappa shape index (κ2) is 10.6. The second-order valence-electron chi connectivity index (χ2n) is 12.5. The van der Waals surface area contributed by atoms with Crippen LogP contribution in [-0.2, 0) is 16.6 Å². The van der Waals surface area contributed by atoms with Crippen LogP contribution in [0.1, 0.15) is 69.1 Å². The van der Waals surface area contributed by atoms with E-state index < -0.39 is 0 Å². The van der Waals surface area contributed by atoms with Crippen molar-refractivity contribution in [3.05, 3.63) is 53.1 Å². The first kappa shape index (κ1) is 25.8. The predicted octanol–water partition coefficient (Wildman–Crippen LogP) is 6.56. The minimum absolute atomic E-state index is 0.113. The minimum atomic E-state index is -0.113. The molecule has 0 atom stereocenters. The summed E-state index contributed by atoms with van der Waals surface area (Å²) >= 11 is 1.61. The van der Waals surface area contributed by atoms with Crippen molar-refractivity contribution in [1.29, 1.82) is 0 Å². The van der Waals surface area contributed by atoms with Crippen LogP contribution in [0.2, 0.25) is 0 Å². The Bertz CT molecular complexity index is 1300. The molecular formula is C32H42N4OS. The average Bonchev–Trinajstić information content (AvgIpc) is 3.35. The lowest BCUT2D eigenvalue weighted by Gasteiger charge is -2.42. The molecule has 0 bridgehead atoms. The van der Waals surface area contributed by atoms with E-state index in [4.69, 9.17) is 4.37 Å². The molecule has 1 aliphatic carbocycles. The van der Waals surface area contributed by atoms with Crippen LogP contribution >= 0.6 is 11.5 Å². The standard InChI is InChI=1S/C32H42N4OS/c1-23-19-25(13-14-34-15-17-35(18-16-34)31-26-11-7-8-12-28(26)38-33-31)20-27-30(23)36(29(37)21-32(27,2)3)22-24-9-5-4-6-10-24/h7-8,11-12,19-20,24H,4-6,9-10,13-18,21-22H2,1-3H3. The van der Waals surface area contributed by atoms with E-state index in [1.807, 2.05) is 0 Å². The molecule has 2 aromatic carbocycles. The number of nitrogens with zero attached hydrogens (tertiary/aromatic N) is 4. The van der Waals surface area contributed by atoms with Crippen LogP contribution < -0.4 is 9.80 Å². The normalized spacial score (nSPS) is 20.8. The molecule has 5 nitrogen and oxygen atoms in total. The fraction of sp³-hybridized carbons (Fsp3) is 0.562. The lowest BCUT2D eigenvalue weighted by molar-refractivity contribution is -0.120. The molecule has 6 rings (SSSR count). The molecule has 0 unspecified atom stereocenters. The maximum Gasteiger partial charge on any atom is 0.227 e. The van der Waals surface area contributed by atoms with Crippen LogP contribution in [0.25, 0.3) is 10.1 Å². The molecule has 2 aliphatic heterocycles. The van der Waals surface area contributed by atoms with Gasteiger partial charge in [-0.05, 0) is 72.5 Å². The van der Waals surface area contributed by atoms with Gasteiger partial charge in [-0.25, -0.2) is 0 Å². The van der Waals surface area contributed by atoms with Gasteiger partial charge in [0.05, 0.1) is 10.4 Å². The van der Waals surface area contributed by atoms with Crippen molar-refractivity contribution in [3.63, 3.8) is 0 Å². The van der Waals surface area contributed by atoms with Gasteiger partial charge in [-0.3, -0.25) is 9.69 Å². The molecule has 1 amide bonds. The number of hydrogen-bond donors (Lipinski definition) is 0. The third-order valence-electron chi connectivity index (χ3n) is 9.17. The van der Waals surface area contributed by atoms with Crippen LogP contribution in [0.15, 0.2) is 36.4 Å². The van der Waals surface area contributed by atoms with Crippen molar-refractivity contribution < 1.29 is 4.79 Å². The molecule has 2 fully saturated rings. The summed E-state index contributed by atoms with van der Waals surface area (Å²) < 4.78 is 6.04. The van der Waals surface area contributed by atoms with E-state index in [0.29, 0.717) is 18.2 Å². The quantitative estimate of drug-likeness (QED) is 0.362. The van der Waals surface area contributed by atoms with Crippen LogP contribution in [0.5, 0.6) is 0 Å². The number of benzene rings is 2. The highest BCUT2D eigenvalue weighted by Gasteiger charge is 2.38. The molecule has 202 valence electrons. The lowest BCUT2D eigenvalue weighted by Crippen LogP contribution is -2.47. The summed E-state index contributed by atoms with van der Waals surface area (Å²) in [5.41, 5.74) is 5.16. The largest absolute Gasteiger partial charge is 0.353 e. The Kier molecular flexibility index (Phi) is 7.21. The van der Waals surface area contributed by atoms with E-state index in [2.05, 4.69) is 71.9 Å². The van der Waals surface area contributed by atoms with Gasteiger partial charge in [-0.1, -0.05) is 57.4 Å². The molecule has 1 aromatic heterocycles. The number of fused-ring (bicyclic) bond motifs is 2. The predicted molar refractivity (Wildman–Crippen MR) is 160 cm³/mol. The number of piperazine rings is 1. The van der Waals surface area contributed by atoms with Gasteiger partial charge in [0.25, 0.3) is 0 Å². The number of rotatable bonds is 6. The van der Waals surface area contributed by atoms with E-state index in [1.165, 1.54) is 64.6 Å². The highest BCUT2D eigenvalue weighted by molar-refractivity contribution is 7.13. The number of carbonyl (C=O) groups excluding carboxylic acids is 1. The number of amides is 1. The highest BCUT2D eigenvalue weighted by Crippen LogP contribution is 2.44. The topological polar surface area (TPSA) is 39.7 Å². The average molecular weight is 531 g/mol. The maximum absolute atomic E-state index is 13.3. The Morgan fingerprint density at radius 1 is 1.03 bits per heavy atom. The van der Waals surface area contributed by atoms with Gasteiger partial charge in [0.2, 0.25) is 5.91 Å². The molecular weight excluding hydrogens is 488 g/mol. The summed E-state index contributed by atoms with van der Waals surface area (Å²) in [5, 5.41) is 1.29. The van der Waals surface area contributed by atoms with E-state index in [9.17, 15) is 4.79 Å². The molecule has 1 saturated heterocycles. The summed E-state index contributed by atoms with van der Waals surface area (Å²) in [5.74, 6) is 2.13. The van der Waals surface area contributed by atoms with E-state index in [-0.39, 0.29) is 5.41 Å². The Balaban J connectivity index is 1.13. The molecule has 3 aliphatic rings. The van der Waals surface area contributed by atoms with Crippen LogP contribution in [-0.4, -0.2) is 54.4 Å². The smallest absolute Gasteiger partial charge is 0.227 e. The molecule has 0 radical (unpaired) electrons. The Labute approximate surface area is 232 Å². The number of aryl methyl sites for hydroxylation is 1. The number of anilines is 2. The first-order valence-electron chi connectivity index (χ1n) is 14.7. The fourth-order valence-electron chi connectivity index (χ4n) is 6.96. The van der Waals surface area contributed by atoms with Crippen molar-refractivity contribution in [3.8, 4) is 0 Å². The lowest BCUT2D eigenvalue weighted by atomic mass is 9.75. The summed E-state index contributed by atoms with van der Waals surface area (Å²) in [6.45, 7) is 12.9. The zero-order valence-electron chi connectivity index (χ0n) is 23.3. The number of aromatic nitrogens is 1. The van der Waals surface area contributed by atoms with Crippen LogP contribution in [0.4, 0.5) is 11.5 Å². The van der Waals surface area contributed by atoms with Gasteiger partial charge in [0.15, 0.2) is 0 Å².